The monoisotopic (exact) mass is 452 g/mol. The van der Waals surface area contributed by atoms with Crippen molar-refractivity contribution >= 4 is 35.1 Å². The Hall–Kier alpha value is -3.84. The van der Waals surface area contributed by atoms with Crippen LogP contribution in [0.3, 0.4) is 0 Å². The number of nitrogens with one attached hydrogen (secondary N) is 2. The van der Waals surface area contributed by atoms with Crippen LogP contribution in [0.15, 0.2) is 72.8 Å². The average Bonchev–Trinajstić information content (AvgIpc) is 2.78. The van der Waals surface area contributed by atoms with Crippen LogP contribution >= 0.6 is 11.6 Å². The van der Waals surface area contributed by atoms with Crippen LogP contribution in [0.4, 0.5) is 5.69 Å². The van der Waals surface area contributed by atoms with E-state index < -0.39 is 5.97 Å². The first-order valence-corrected chi connectivity index (χ1v) is 10.1. The number of carbonyl (C=O) groups excluding carboxylic acids is 3. The van der Waals surface area contributed by atoms with Crippen molar-refractivity contribution < 1.29 is 23.9 Å². The molecule has 0 atom stereocenters. The van der Waals surface area contributed by atoms with Crippen LogP contribution in [0, 0.1) is 0 Å². The SMILES string of the molecule is CC(=O)Oc1cccc(C(=O)Nc2ccc(CNC(=O)COc3ccc(Cl)cc3)cc2)c1. The largest absolute Gasteiger partial charge is 0.484 e. The first-order valence-electron chi connectivity index (χ1n) is 9.73. The summed E-state index contributed by atoms with van der Waals surface area (Å²) in [6, 6.07) is 20.2. The molecule has 2 N–H and O–H groups in total. The maximum absolute atomic E-state index is 12.4. The van der Waals surface area contributed by atoms with Crippen molar-refractivity contribution in [2.75, 3.05) is 11.9 Å². The van der Waals surface area contributed by atoms with Gasteiger partial charge in [-0.3, -0.25) is 14.4 Å². The van der Waals surface area contributed by atoms with Crippen molar-refractivity contribution in [3.8, 4) is 11.5 Å². The Labute approximate surface area is 190 Å². The zero-order chi connectivity index (χ0) is 22.9. The molecule has 0 saturated carbocycles. The summed E-state index contributed by atoms with van der Waals surface area (Å²) in [5, 5.41) is 6.14. The zero-order valence-corrected chi connectivity index (χ0v) is 18.0. The molecule has 0 spiro atoms. The van der Waals surface area contributed by atoms with Crippen molar-refractivity contribution in [1.29, 1.82) is 0 Å². The minimum Gasteiger partial charge on any atom is -0.484 e. The Morgan fingerprint density at radius 1 is 0.906 bits per heavy atom. The lowest BCUT2D eigenvalue weighted by Gasteiger charge is -2.09. The minimum atomic E-state index is -0.457. The van der Waals surface area contributed by atoms with E-state index in [0.29, 0.717) is 34.3 Å². The van der Waals surface area contributed by atoms with Crippen molar-refractivity contribution in [3.63, 3.8) is 0 Å². The van der Waals surface area contributed by atoms with Crippen LogP contribution in [0.1, 0.15) is 22.8 Å². The minimum absolute atomic E-state index is 0.109. The maximum Gasteiger partial charge on any atom is 0.308 e. The molecule has 0 fully saturated rings. The third-order valence-electron chi connectivity index (χ3n) is 4.24. The number of halogens is 1. The molecular formula is C24H21ClN2O5. The molecule has 0 aliphatic carbocycles. The van der Waals surface area contributed by atoms with Gasteiger partial charge >= 0.3 is 5.97 Å². The van der Waals surface area contributed by atoms with Gasteiger partial charge in [0.25, 0.3) is 11.8 Å². The Bertz CT molecular complexity index is 1100. The van der Waals surface area contributed by atoms with Gasteiger partial charge in [-0.25, -0.2) is 0 Å². The molecule has 0 aromatic heterocycles. The van der Waals surface area contributed by atoms with E-state index in [1.54, 1.807) is 66.7 Å². The molecule has 0 radical (unpaired) electrons. The third kappa shape index (κ3) is 7.14. The summed E-state index contributed by atoms with van der Waals surface area (Å²) in [4.78, 5) is 35.5. The second-order valence-electron chi connectivity index (χ2n) is 6.79. The van der Waals surface area contributed by atoms with Crippen LogP contribution in [0.25, 0.3) is 0 Å². The summed E-state index contributed by atoms with van der Waals surface area (Å²) in [5.41, 5.74) is 1.81. The lowest BCUT2D eigenvalue weighted by molar-refractivity contribution is -0.131. The summed E-state index contributed by atoms with van der Waals surface area (Å²) in [5.74, 6) is -0.189. The van der Waals surface area contributed by atoms with Crippen molar-refractivity contribution in [2.24, 2.45) is 0 Å². The van der Waals surface area contributed by atoms with Crippen molar-refractivity contribution in [2.45, 2.75) is 13.5 Å². The summed E-state index contributed by atoms with van der Waals surface area (Å²) in [6.07, 6.45) is 0. The average molecular weight is 453 g/mol. The smallest absolute Gasteiger partial charge is 0.308 e. The number of anilines is 1. The Kier molecular flexibility index (Phi) is 7.83. The van der Waals surface area contributed by atoms with Gasteiger partial charge in [0, 0.05) is 29.7 Å². The summed E-state index contributed by atoms with van der Waals surface area (Å²) >= 11 is 5.81. The number of ether oxygens (including phenoxy) is 2. The molecule has 32 heavy (non-hydrogen) atoms. The highest BCUT2D eigenvalue weighted by Gasteiger charge is 2.09. The summed E-state index contributed by atoms with van der Waals surface area (Å²) in [7, 11) is 0. The van der Waals surface area contributed by atoms with E-state index >= 15 is 0 Å². The lowest BCUT2D eigenvalue weighted by Crippen LogP contribution is -2.28. The van der Waals surface area contributed by atoms with Gasteiger partial charge in [0.05, 0.1) is 0 Å². The van der Waals surface area contributed by atoms with E-state index in [2.05, 4.69) is 10.6 Å². The van der Waals surface area contributed by atoms with Gasteiger partial charge in [0.2, 0.25) is 0 Å². The molecule has 0 aliphatic rings. The molecule has 3 aromatic carbocycles. The molecule has 164 valence electrons. The normalized spacial score (nSPS) is 10.2. The van der Waals surface area contributed by atoms with Gasteiger partial charge in [-0.2, -0.15) is 0 Å². The molecule has 3 aromatic rings. The number of rotatable bonds is 8. The quantitative estimate of drug-likeness (QED) is 0.394. The van der Waals surface area contributed by atoms with Crippen LogP contribution in [0.5, 0.6) is 11.5 Å². The molecule has 2 amide bonds. The van der Waals surface area contributed by atoms with E-state index in [1.165, 1.54) is 13.0 Å². The summed E-state index contributed by atoms with van der Waals surface area (Å²) < 4.78 is 10.4. The number of carbonyl (C=O) groups is 3. The fraction of sp³-hybridized carbons (Fsp3) is 0.125. The Morgan fingerprint density at radius 2 is 1.62 bits per heavy atom. The topological polar surface area (TPSA) is 93.7 Å². The maximum atomic E-state index is 12.4. The van der Waals surface area contributed by atoms with E-state index in [9.17, 15) is 14.4 Å². The molecule has 0 heterocycles. The van der Waals surface area contributed by atoms with Crippen LogP contribution in [0.2, 0.25) is 5.02 Å². The molecule has 0 bridgehead atoms. The van der Waals surface area contributed by atoms with E-state index in [0.717, 1.165) is 5.56 Å². The number of hydrogen-bond donors (Lipinski definition) is 2. The van der Waals surface area contributed by atoms with E-state index in [1.807, 2.05) is 0 Å². The highest BCUT2D eigenvalue weighted by atomic mass is 35.5. The number of esters is 1. The van der Waals surface area contributed by atoms with Gasteiger partial charge in [-0.15, -0.1) is 0 Å². The zero-order valence-electron chi connectivity index (χ0n) is 17.3. The molecule has 8 heteroatoms. The molecular weight excluding hydrogens is 432 g/mol. The van der Waals surface area contributed by atoms with Gasteiger partial charge in [0.1, 0.15) is 11.5 Å². The number of benzene rings is 3. The molecule has 7 nitrogen and oxygen atoms in total. The van der Waals surface area contributed by atoms with Crippen LogP contribution in [-0.2, 0) is 16.1 Å². The highest BCUT2D eigenvalue weighted by molar-refractivity contribution is 6.30. The highest BCUT2D eigenvalue weighted by Crippen LogP contribution is 2.17. The molecule has 3 rings (SSSR count). The Balaban J connectivity index is 1.47. The van der Waals surface area contributed by atoms with Crippen LogP contribution < -0.4 is 20.1 Å². The van der Waals surface area contributed by atoms with E-state index in [-0.39, 0.29) is 18.4 Å². The third-order valence-corrected chi connectivity index (χ3v) is 4.49. The molecule has 0 aliphatic heterocycles. The van der Waals surface area contributed by atoms with Crippen molar-refractivity contribution in [1.82, 2.24) is 5.32 Å². The predicted molar refractivity (Wildman–Crippen MR) is 121 cm³/mol. The summed E-state index contributed by atoms with van der Waals surface area (Å²) in [6.45, 7) is 1.51. The number of hydrogen-bond acceptors (Lipinski definition) is 5. The molecule has 0 unspecified atom stereocenters. The Morgan fingerprint density at radius 3 is 2.31 bits per heavy atom. The van der Waals surface area contributed by atoms with Gasteiger partial charge in [0.15, 0.2) is 6.61 Å². The fourth-order valence-corrected chi connectivity index (χ4v) is 2.83. The second kappa shape index (κ2) is 11.0. The van der Waals surface area contributed by atoms with E-state index in [4.69, 9.17) is 21.1 Å². The van der Waals surface area contributed by atoms with Gasteiger partial charge in [-0.1, -0.05) is 29.8 Å². The van der Waals surface area contributed by atoms with Crippen LogP contribution in [-0.4, -0.2) is 24.4 Å². The number of amides is 2. The first kappa shape index (κ1) is 22.8. The van der Waals surface area contributed by atoms with Gasteiger partial charge in [-0.05, 0) is 60.2 Å². The standard InChI is InChI=1S/C24H21ClN2O5/c1-16(28)32-22-4-2-3-18(13-22)24(30)27-20-9-5-17(6-10-20)14-26-23(29)15-31-21-11-7-19(25)8-12-21/h2-13H,14-15H2,1H3,(H,26,29)(H,27,30). The predicted octanol–water partition coefficient (Wildman–Crippen LogP) is 4.21. The lowest BCUT2D eigenvalue weighted by atomic mass is 10.1. The van der Waals surface area contributed by atoms with Gasteiger partial charge < -0.3 is 20.1 Å². The fourth-order valence-electron chi connectivity index (χ4n) is 2.71. The molecule has 0 saturated heterocycles. The van der Waals surface area contributed by atoms with Crippen molar-refractivity contribution in [3.05, 3.63) is 88.9 Å². The second-order valence-corrected chi connectivity index (χ2v) is 7.23. The first-order chi connectivity index (χ1) is 15.4.